The van der Waals surface area contributed by atoms with Crippen LogP contribution >= 0.6 is 0 Å². The van der Waals surface area contributed by atoms with Gasteiger partial charge in [-0.05, 0) is 0 Å². The highest BCUT2D eigenvalue weighted by Gasteiger charge is 2.63. The highest BCUT2D eigenvalue weighted by molar-refractivity contribution is 5.77. The molecule has 0 aromatic heterocycles. The van der Waals surface area contributed by atoms with Gasteiger partial charge in [0, 0.05) is 33.6 Å². The van der Waals surface area contributed by atoms with E-state index < -0.39 is 240 Å². The number of hydrogen-bond acceptors (Lipinski definition) is 30. The van der Waals surface area contributed by atoms with Crippen molar-refractivity contribution in [2.24, 2.45) is 0 Å². The summed E-state index contributed by atoms with van der Waals surface area (Å²) in [5, 5.41) is 201. The summed E-state index contributed by atoms with van der Waals surface area (Å²) in [5.41, 5.74) is 0. The SMILES string of the molecule is CC(=O)N[C@@H]1[C@@H](O[C@@H]2O[C@H](CO)[C@H](O)[C@H](O[C@]3(C(=O)O)C[C@H](O)[C@@H](NC(C)=O)[C@H]([C@H](O)[C@H](O)CO)O3)[C@H]2O)[C@H](O[C@@H]2O[C@H](CO)[C@H](O)[C@H](O[C@]3(C(=O)O)C[C@H](O)[C@@H](NC(C)=O)[C@H]([C@H](O)[C@H](O)CO)O3)[C@H]2O)[C@@H](CO)O[C@H]1O. The van der Waals surface area contributed by atoms with Crippen molar-refractivity contribution in [2.75, 3.05) is 33.0 Å². The summed E-state index contributed by atoms with van der Waals surface area (Å²) >= 11 is 0. The first-order chi connectivity index (χ1) is 36.0. The summed E-state index contributed by atoms with van der Waals surface area (Å²) in [4.78, 5) is 63.0. The molecule has 0 spiro atoms. The second-order valence-electron chi connectivity index (χ2n) is 19.0. The van der Waals surface area contributed by atoms with E-state index in [-0.39, 0.29) is 0 Å². The van der Waals surface area contributed by atoms with Crippen LogP contribution in [0, 0.1) is 0 Å². The molecule has 444 valence electrons. The van der Waals surface area contributed by atoms with E-state index in [1.54, 1.807) is 0 Å². The minimum absolute atomic E-state index is 0.849. The molecule has 0 radical (unpaired) electrons. The highest BCUT2D eigenvalue weighted by Crippen LogP contribution is 2.41. The van der Waals surface area contributed by atoms with Crippen LogP contribution in [0.5, 0.6) is 0 Å². The fourth-order valence-electron chi connectivity index (χ4n) is 9.64. The van der Waals surface area contributed by atoms with E-state index in [1.807, 2.05) is 0 Å². The van der Waals surface area contributed by atoms with Crippen molar-refractivity contribution in [3.8, 4) is 0 Å². The molecule has 5 aliphatic heterocycles. The number of aliphatic carboxylic acids is 2. The van der Waals surface area contributed by atoms with Gasteiger partial charge < -0.3 is 150 Å². The molecule has 27 atom stereocenters. The zero-order valence-electron chi connectivity index (χ0n) is 41.1. The Hall–Kier alpha value is -3.65. The highest BCUT2D eigenvalue weighted by atomic mass is 16.8. The molecule has 0 saturated carbocycles. The number of amides is 3. The molecule has 0 unspecified atom stereocenters. The zero-order valence-corrected chi connectivity index (χ0v) is 41.1. The lowest BCUT2D eigenvalue weighted by molar-refractivity contribution is -0.397. The molecule has 5 aliphatic rings. The summed E-state index contributed by atoms with van der Waals surface area (Å²) < 4.78 is 51.5. The minimum atomic E-state index is -3.26. The first-order valence-electron chi connectivity index (χ1n) is 23.9. The molecule has 35 heteroatoms. The van der Waals surface area contributed by atoms with Gasteiger partial charge in [-0.15, -0.1) is 0 Å². The van der Waals surface area contributed by atoms with Crippen LogP contribution in [0.2, 0.25) is 0 Å². The van der Waals surface area contributed by atoms with E-state index in [1.165, 1.54) is 0 Å². The number of aliphatic hydroxyl groups excluding tert-OH is 16. The Morgan fingerprint density at radius 1 is 0.506 bits per heavy atom. The summed E-state index contributed by atoms with van der Waals surface area (Å²) in [5.74, 6) is -13.4. The number of carbonyl (C=O) groups excluding carboxylic acids is 3. The van der Waals surface area contributed by atoms with E-state index in [2.05, 4.69) is 16.0 Å². The number of nitrogens with one attached hydrogen (secondary N) is 3. The van der Waals surface area contributed by atoms with Gasteiger partial charge in [0.1, 0.15) is 110 Å². The number of hydrogen-bond donors (Lipinski definition) is 21. The van der Waals surface area contributed by atoms with Crippen LogP contribution in [0.15, 0.2) is 0 Å². The van der Waals surface area contributed by atoms with Gasteiger partial charge in [-0.3, -0.25) is 14.4 Å². The Bertz CT molecular complexity index is 2000. The second-order valence-corrected chi connectivity index (χ2v) is 19.0. The van der Waals surface area contributed by atoms with Crippen molar-refractivity contribution in [1.82, 2.24) is 16.0 Å². The Kier molecular flexibility index (Phi) is 22.3. The Balaban J connectivity index is 1.53. The Morgan fingerprint density at radius 3 is 1.18 bits per heavy atom. The lowest BCUT2D eigenvalue weighted by atomic mass is 9.88. The van der Waals surface area contributed by atoms with E-state index in [0.29, 0.717) is 0 Å². The van der Waals surface area contributed by atoms with Crippen molar-refractivity contribution in [2.45, 2.75) is 198 Å². The standard InChI is InChI=1S/C42H69N3O32/c1-11(51)43-21-14(54)4-41(39(65)66,74-31(21)24(58)16(56)6-46)76-34-26(60)18(8-48)70-37(28(34)62)72-30-20(10-50)69-36(64)23(45-13(3)53)33(30)73-38-29(63)35(27(61)19(9-49)71-38)77-42(40(67)68)5-15(55)22(44-12(2)52)32(75-42)25(59)17(57)7-47/h14-38,46-50,54-64H,4-10H2,1-3H3,(H,43,51)(H,44,52)(H,45,53)(H,65,66)(H,67,68)/t14-,15-,16+,17+,18+,19+,20+,21+,22+,23+,24+,25+,26-,27-,28+,29+,30+,31+,32+,33+,34-,35-,36+,37-,38-,41-,42-/m0/s1. The van der Waals surface area contributed by atoms with Crippen LogP contribution in [0.1, 0.15) is 33.6 Å². The van der Waals surface area contributed by atoms with Crippen LogP contribution in [-0.2, 0) is 66.6 Å². The van der Waals surface area contributed by atoms with Gasteiger partial charge in [0.05, 0.1) is 57.3 Å². The van der Waals surface area contributed by atoms with Gasteiger partial charge >= 0.3 is 11.9 Å². The molecule has 5 fully saturated rings. The lowest BCUT2D eigenvalue weighted by Gasteiger charge is -2.52. The molecule has 0 aromatic rings. The zero-order chi connectivity index (χ0) is 57.8. The summed E-state index contributed by atoms with van der Waals surface area (Å²) in [7, 11) is 0. The fourth-order valence-corrected chi connectivity index (χ4v) is 9.64. The number of ether oxygens (including phenoxy) is 9. The molecule has 5 rings (SSSR count). The largest absolute Gasteiger partial charge is 0.477 e. The summed E-state index contributed by atoms with van der Waals surface area (Å²) in [6.07, 6.45) is -50.7. The lowest BCUT2D eigenvalue weighted by Crippen LogP contribution is -2.72. The first kappa shape index (κ1) is 64.2. The fraction of sp³-hybridized carbons (Fsp3) is 0.881. The van der Waals surface area contributed by atoms with Crippen LogP contribution in [-0.4, -0.2) is 319 Å². The third-order valence-corrected chi connectivity index (χ3v) is 13.5. The van der Waals surface area contributed by atoms with E-state index in [4.69, 9.17) is 42.6 Å². The van der Waals surface area contributed by atoms with Crippen molar-refractivity contribution in [3.63, 3.8) is 0 Å². The predicted octanol–water partition coefficient (Wildman–Crippen LogP) is -13.1. The van der Waals surface area contributed by atoms with Crippen molar-refractivity contribution >= 4 is 29.7 Å². The number of carboxylic acids is 2. The molecule has 3 amide bonds. The molecule has 5 heterocycles. The van der Waals surface area contributed by atoms with E-state index in [9.17, 15) is 116 Å². The molecule has 35 nitrogen and oxygen atoms in total. The maximum absolute atomic E-state index is 13.1. The van der Waals surface area contributed by atoms with Crippen molar-refractivity contribution in [3.05, 3.63) is 0 Å². The second kappa shape index (κ2) is 26.7. The molecule has 0 bridgehead atoms. The molecular formula is C42H69N3O32. The van der Waals surface area contributed by atoms with Gasteiger partial charge in [-0.25, -0.2) is 9.59 Å². The molecule has 77 heavy (non-hydrogen) atoms. The van der Waals surface area contributed by atoms with E-state index in [0.717, 1.165) is 20.8 Å². The van der Waals surface area contributed by atoms with Gasteiger partial charge in [0.2, 0.25) is 17.7 Å². The van der Waals surface area contributed by atoms with Gasteiger partial charge in [-0.2, -0.15) is 0 Å². The molecule has 0 aromatic carbocycles. The van der Waals surface area contributed by atoms with Gasteiger partial charge in [-0.1, -0.05) is 0 Å². The molecule has 21 N–H and O–H groups in total. The molecule has 0 aliphatic carbocycles. The van der Waals surface area contributed by atoms with Crippen LogP contribution < -0.4 is 16.0 Å². The van der Waals surface area contributed by atoms with Crippen LogP contribution in [0.3, 0.4) is 0 Å². The summed E-state index contributed by atoms with van der Waals surface area (Å²) in [6.45, 7) is -3.01. The quantitative estimate of drug-likeness (QED) is 0.0479. The minimum Gasteiger partial charge on any atom is -0.477 e. The third kappa shape index (κ3) is 13.9. The maximum Gasteiger partial charge on any atom is 0.364 e. The normalized spacial score (nSPS) is 43.2. The van der Waals surface area contributed by atoms with Crippen molar-refractivity contribution < 1.29 is 159 Å². The first-order valence-corrected chi connectivity index (χ1v) is 23.9. The van der Waals surface area contributed by atoms with Crippen molar-refractivity contribution in [1.29, 1.82) is 0 Å². The Morgan fingerprint density at radius 2 is 0.857 bits per heavy atom. The smallest absolute Gasteiger partial charge is 0.364 e. The van der Waals surface area contributed by atoms with Crippen LogP contribution in [0.4, 0.5) is 0 Å². The number of aliphatic hydroxyl groups is 16. The predicted molar refractivity (Wildman–Crippen MR) is 236 cm³/mol. The Labute approximate surface area is 434 Å². The maximum atomic E-state index is 13.1. The average Bonchev–Trinajstić information content (AvgIpc) is 3.37. The number of carbonyl (C=O) groups is 5. The van der Waals surface area contributed by atoms with Crippen LogP contribution in [0.25, 0.3) is 0 Å². The monoisotopic (exact) mass is 1130 g/mol. The number of rotatable bonds is 22. The van der Waals surface area contributed by atoms with Gasteiger partial charge in [0.15, 0.2) is 18.9 Å². The van der Waals surface area contributed by atoms with Gasteiger partial charge in [0.25, 0.3) is 11.6 Å². The third-order valence-electron chi connectivity index (χ3n) is 13.5. The molecule has 5 saturated heterocycles. The molecular weight excluding hydrogens is 1060 g/mol. The number of carboxylic acid groups (broad SMARTS) is 2. The van der Waals surface area contributed by atoms with E-state index >= 15 is 0 Å². The average molecular weight is 1130 g/mol. The topological polar surface area (TPSA) is 569 Å². The summed E-state index contributed by atoms with van der Waals surface area (Å²) in [6, 6.07) is -5.34.